The number of rotatable bonds is 5. The molecule has 3 nitrogen and oxygen atoms in total. The highest BCUT2D eigenvalue weighted by molar-refractivity contribution is 9.08. The second kappa shape index (κ2) is 5.95. The van der Waals surface area contributed by atoms with Crippen LogP contribution in [-0.2, 0) is 16.5 Å². The molecule has 0 aliphatic rings. The van der Waals surface area contributed by atoms with Gasteiger partial charge < -0.3 is 9.84 Å². The van der Waals surface area contributed by atoms with Crippen LogP contribution in [0.15, 0.2) is 12.1 Å². The number of carboxylic acids is 1. The first-order valence-electron chi connectivity index (χ1n) is 4.79. The Morgan fingerprint density at radius 2 is 2.06 bits per heavy atom. The summed E-state index contributed by atoms with van der Waals surface area (Å²) in [6.45, 7) is -1.17. The third-order valence-electron chi connectivity index (χ3n) is 2.31. The number of ether oxygens (including phenoxy) is 1. The maximum atomic E-state index is 12.1. The number of hydrogen-bond donors (Lipinski definition) is 1. The van der Waals surface area contributed by atoms with E-state index in [4.69, 9.17) is 5.11 Å². The number of alkyl halides is 3. The van der Waals surface area contributed by atoms with E-state index in [0.717, 1.165) is 11.1 Å². The van der Waals surface area contributed by atoms with Crippen molar-refractivity contribution in [1.82, 2.24) is 0 Å². The summed E-state index contributed by atoms with van der Waals surface area (Å²) in [5, 5.41) is 9.18. The molecule has 0 radical (unpaired) electrons. The van der Waals surface area contributed by atoms with E-state index in [2.05, 4.69) is 20.7 Å². The lowest BCUT2D eigenvalue weighted by Crippen LogP contribution is -2.07. The highest BCUT2D eigenvalue weighted by atomic mass is 79.9. The number of carbonyl (C=O) groups is 1. The molecule has 0 bridgehead atoms. The Morgan fingerprint density at radius 1 is 1.47 bits per heavy atom. The van der Waals surface area contributed by atoms with Gasteiger partial charge in [-0.05, 0) is 35.7 Å². The molecule has 0 spiro atoms. The molecule has 0 atom stereocenters. The number of hydrogen-bond acceptors (Lipinski definition) is 2. The van der Waals surface area contributed by atoms with E-state index in [1.807, 2.05) is 0 Å². The minimum atomic E-state index is -2.92. The predicted molar refractivity (Wildman–Crippen MR) is 61.8 cm³/mol. The minimum absolute atomic E-state index is 0.0173. The normalized spacial score (nSPS) is 10.6. The molecule has 6 heteroatoms. The van der Waals surface area contributed by atoms with Crippen molar-refractivity contribution in [3.05, 3.63) is 28.8 Å². The van der Waals surface area contributed by atoms with Crippen molar-refractivity contribution < 1.29 is 23.4 Å². The quantitative estimate of drug-likeness (QED) is 0.850. The molecule has 0 aliphatic heterocycles. The van der Waals surface area contributed by atoms with Gasteiger partial charge in [0.1, 0.15) is 5.75 Å². The topological polar surface area (TPSA) is 46.5 Å². The molecular formula is C11H11BrF2O3. The molecule has 0 heterocycles. The number of benzene rings is 1. The van der Waals surface area contributed by atoms with Gasteiger partial charge in [-0.1, -0.05) is 15.9 Å². The van der Waals surface area contributed by atoms with Gasteiger partial charge in [0, 0.05) is 5.33 Å². The fraction of sp³-hybridized carbons (Fsp3) is 0.364. The zero-order valence-corrected chi connectivity index (χ0v) is 10.6. The second-order valence-corrected chi connectivity index (χ2v) is 4.01. The first-order chi connectivity index (χ1) is 7.93. The molecule has 1 rings (SSSR count). The van der Waals surface area contributed by atoms with Crippen molar-refractivity contribution in [3.63, 3.8) is 0 Å². The van der Waals surface area contributed by atoms with Crippen LogP contribution in [-0.4, -0.2) is 17.7 Å². The van der Waals surface area contributed by atoms with E-state index < -0.39 is 12.6 Å². The van der Waals surface area contributed by atoms with E-state index in [1.165, 1.54) is 12.1 Å². The molecule has 0 aromatic heterocycles. The van der Waals surface area contributed by atoms with E-state index in [1.54, 1.807) is 6.92 Å². The van der Waals surface area contributed by atoms with Crippen LogP contribution in [0.2, 0.25) is 0 Å². The zero-order chi connectivity index (χ0) is 13.0. The van der Waals surface area contributed by atoms with Crippen molar-refractivity contribution in [1.29, 1.82) is 0 Å². The van der Waals surface area contributed by atoms with Crippen LogP contribution in [0.3, 0.4) is 0 Å². The lowest BCUT2D eigenvalue weighted by Gasteiger charge is -2.12. The van der Waals surface area contributed by atoms with Crippen LogP contribution in [0.25, 0.3) is 0 Å². The average molecular weight is 309 g/mol. The molecule has 94 valence electrons. The van der Waals surface area contributed by atoms with Crippen LogP contribution >= 0.6 is 15.9 Å². The maximum Gasteiger partial charge on any atom is 0.387 e. The number of carboxylic acid groups (broad SMARTS) is 1. The Kier molecular flexibility index (Phi) is 4.86. The summed E-state index contributed by atoms with van der Waals surface area (Å²) in [6.07, 6.45) is -0.216. The molecular weight excluding hydrogens is 298 g/mol. The number of halogens is 3. The summed E-state index contributed by atoms with van der Waals surface area (Å²) in [7, 11) is 0. The lowest BCUT2D eigenvalue weighted by molar-refractivity contribution is -0.136. The van der Waals surface area contributed by atoms with Gasteiger partial charge in [0.2, 0.25) is 0 Å². The third kappa shape index (κ3) is 3.96. The first-order valence-corrected chi connectivity index (χ1v) is 5.91. The smallest absolute Gasteiger partial charge is 0.387 e. The largest absolute Gasteiger partial charge is 0.481 e. The first kappa shape index (κ1) is 13.9. The summed E-state index contributed by atoms with van der Waals surface area (Å²) in [5.41, 5.74) is 1.98. The van der Waals surface area contributed by atoms with E-state index in [-0.39, 0.29) is 12.2 Å². The van der Waals surface area contributed by atoms with Gasteiger partial charge in [0.15, 0.2) is 0 Å². The standard InChI is InChI=1S/C11H11BrF2O3/c1-6-7(4-10(15)16)2-9(17-11(13)14)3-8(6)5-12/h2-3,11H,4-5H2,1H3,(H,15,16). The van der Waals surface area contributed by atoms with Gasteiger partial charge in [0.25, 0.3) is 0 Å². The second-order valence-electron chi connectivity index (χ2n) is 3.45. The van der Waals surface area contributed by atoms with Gasteiger partial charge in [-0.3, -0.25) is 4.79 Å². The van der Waals surface area contributed by atoms with Gasteiger partial charge in [-0.15, -0.1) is 0 Å². The van der Waals surface area contributed by atoms with Gasteiger partial charge in [0.05, 0.1) is 6.42 Å². The van der Waals surface area contributed by atoms with Crippen molar-refractivity contribution in [2.24, 2.45) is 0 Å². The SMILES string of the molecule is Cc1c(CBr)cc(OC(F)F)cc1CC(=O)O. The Bertz CT molecular complexity index is 421. The van der Waals surface area contributed by atoms with Crippen molar-refractivity contribution in [2.75, 3.05) is 0 Å². The van der Waals surface area contributed by atoms with Crippen molar-refractivity contribution >= 4 is 21.9 Å². The van der Waals surface area contributed by atoms with Crippen LogP contribution < -0.4 is 4.74 Å². The zero-order valence-electron chi connectivity index (χ0n) is 9.04. The fourth-order valence-corrected chi connectivity index (χ4v) is 2.05. The fourth-order valence-electron chi connectivity index (χ4n) is 1.46. The molecule has 0 saturated carbocycles. The molecule has 17 heavy (non-hydrogen) atoms. The monoisotopic (exact) mass is 308 g/mol. The molecule has 0 saturated heterocycles. The van der Waals surface area contributed by atoms with Crippen LogP contribution in [0.5, 0.6) is 5.75 Å². The van der Waals surface area contributed by atoms with Crippen LogP contribution in [0.1, 0.15) is 16.7 Å². The average Bonchev–Trinajstić information content (AvgIpc) is 2.21. The summed E-state index contributed by atoms with van der Waals surface area (Å²) in [4.78, 5) is 10.7. The molecule has 1 aromatic rings. The Balaban J connectivity index is 3.13. The van der Waals surface area contributed by atoms with Gasteiger partial charge in [-0.2, -0.15) is 8.78 Å². The third-order valence-corrected chi connectivity index (χ3v) is 2.91. The van der Waals surface area contributed by atoms with Gasteiger partial charge >= 0.3 is 12.6 Å². The Hall–Kier alpha value is -1.17. The molecule has 0 unspecified atom stereocenters. The summed E-state index contributed by atoms with van der Waals surface area (Å²) < 4.78 is 28.5. The summed E-state index contributed by atoms with van der Waals surface area (Å²) >= 11 is 3.22. The predicted octanol–water partition coefficient (Wildman–Crippen LogP) is 3.12. The molecule has 0 fully saturated rings. The Labute approximate surface area is 106 Å². The Morgan fingerprint density at radius 3 is 2.53 bits per heavy atom. The van der Waals surface area contributed by atoms with E-state index in [0.29, 0.717) is 10.9 Å². The highest BCUT2D eigenvalue weighted by Gasteiger charge is 2.12. The highest BCUT2D eigenvalue weighted by Crippen LogP contribution is 2.25. The minimum Gasteiger partial charge on any atom is -0.481 e. The summed E-state index contributed by atoms with van der Waals surface area (Å²) in [5.74, 6) is -1.03. The van der Waals surface area contributed by atoms with Crippen LogP contribution in [0.4, 0.5) is 8.78 Å². The van der Waals surface area contributed by atoms with E-state index >= 15 is 0 Å². The van der Waals surface area contributed by atoms with Crippen molar-refractivity contribution in [3.8, 4) is 5.75 Å². The van der Waals surface area contributed by atoms with Crippen LogP contribution in [0, 0.1) is 6.92 Å². The molecule has 1 N–H and O–H groups in total. The van der Waals surface area contributed by atoms with Crippen molar-refractivity contribution in [2.45, 2.75) is 25.3 Å². The van der Waals surface area contributed by atoms with E-state index in [9.17, 15) is 13.6 Å². The maximum absolute atomic E-state index is 12.1. The van der Waals surface area contributed by atoms with Gasteiger partial charge in [-0.25, -0.2) is 0 Å². The number of aliphatic carboxylic acids is 1. The molecule has 0 aliphatic carbocycles. The molecule has 1 aromatic carbocycles. The summed E-state index contributed by atoms with van der Waals surface area (Å²) in [6, 6.07) is 2.81. The lowest BCUT2D eigenvalue weighted by atomic mass is 10.0. The molecule has 0 amide bonds.